The predicted molar refractivity (Wildman–Crippen MR) is 112 cm³/mol. The van der Waals surface area contributed by atoms with Crippen molar-refractivity contribution >= 4 is 42.5 Å². The lowest BCUT2D eigenvalue weighted by Gasteiger charge is -2.12. The number of rotatable bonds is 2. The van der Waals surface area contributed by atoms with Gasteiger partial charge in [-0.1, -0.05) is 56.3 Å². The molecule has 2 nitrogen and oxygen atoms in total. The molecular weight excluding hydrogens is 336 g/mol. The second-order valence-electron chi connectivity index (χ2n) is 6.91. The molecule has 3 heteroatoms. The maximum Gasteiger partial charge on any atom is 0.0928 e. The lowest BCUT2D eigenvalue weighted by molar-refractivity contribution is 0.825. The van der Waals surface area contributed by atoms with Gasteiger partial charge in [0.2, 0.25) is 0 Å². The van der Waals surface area contributed by atoms with E-state index in [1.165, 1.54) is 20.2 Å². The molecule has 0 atom stereocenters. The molecule has 0 aliphatic rings. The Hall–Kier alpha value is -2.78. The topological polar surface area (TPSA) is 25.8 Å². The fourth-order valence-corrected chi connectivity index (χ4v) is 4.65. The first-order chi connectivity index (χ1) is 12.7. The summed E-state index contributed by atoms with van der Waals surface area (Å²) in [5.74, 6) is 0.320. The number of hydrogen-bond acceptors (Lipinski definition) is 3. The zero-order chi connectivity index (χ0) is 17.7. The molecule has 0 aliphatic carbocycles. The van der Waals surface area contributed by atoms with Crippen molar-refractivity contribution in [3.05, 3.63) is 72.4 Å². The van der Waals surface area contributed by atoms with Crippen LogP contribution in [0.5, 0.6) is 0 Å². The molecule has 126 valence electrons. The van der Waals surface area contributed by atoms with E-state index in [4.69, 9.17) is 9.97 Å². The van der Waals surface area contributed by atoms with E-state index in [1.807, 2.05) is 35.6 Å². The fraction of sp³-hybridized carbons (Fsp3) is 0.130. The van der Waals surface area contributed by atoms with Crippen LogP contribution < -0.4 is 0 Å². The molecule has 2 heterocycles. The summed E-state index contributed by atoms with van der Waals surface area (Å²) in [4.78, 5) is 9.88. The maximum absolute atomic E-state index is 4.97. The maximum atomic E-state index is 4.97. The molecule has 0 spiro atoms. The van der Waals surface area contributed by atoms with Gasteiger partial charge in [-0.15, -0.1) is 11.3 Å². The lowest BCUT2D eigenvalue weighted by atomic mass is 10.0. The molecule has 5 rings (SSSR count). The van der Waals surface area contributed by atoms with Crippen molar-refractivity contribution in [1.82, 2.24) is 9.97 Å². The number of fused-ring (bicyclic) bond motifs is 4. The van der Waals surface area contributed by atoms with Gasteiger partial charge >= 0.3 is 0 Å². The summed E-state index contributed by atoms with van der Waals surface area (Å²) in [7, 11) is 0. The molecule has 26 heavy (non-hydrogen) atoms. The van der Waals surface area contributed by atoms with Crippen molar-refractivity contribution in [2.45, 2.75) is 19.8 Å². The molecule has 0 amide bonds. The van der Waals surface area contributed by atoms with E-state index in [1.54, 1.807) is 0 Å². The van der Waals surface area contributed by atoms with Crippen LogP contribution in [0, 0.1) is 0 Å². The number of aromatic nitrogens is 2. The average molecular weight is 354 g/mol. The quantitative estimate of drug-likeness (QED) is 0.349. The van der Waals surface area contributed by atoms with Gasteiger partial charge in [0.1, 0.15) is 0 Å². The molecule has 0 saturated heterocycles. The Balaban J connectivity index is 1.78. The van der Waals surface area contributed by atoms with Gasteiger partial charge in [0, 0.05) is 25.7 Å². The summed E-state index contributed by atoms with van der Waals surface area (Å²) in [5, 5.41) is 2.64. The highest BCUT2D eigenvalue weighted by Gasteiger charge is 2.15. The van der Waals surface area contributed by atoms with Crippen molar-refractivity contribution in [3.8, 4) is 11.3 Å². The molecule has 0 fully saturated rings. The van der Waals surface area contributed by atoms with Gasteiger partial charge in [0.15, 0.2) is 0 Å². The highest BCUT2D eigenvalue weighted by Crippen LogP contribution is 2.37. The van der Waals surface area contributed by atoms with Gasteiger partial charge in [-0.25, -0.2) is 9.97 Å². The smallest absolute Gasteiger partial charge is 0.0928 e. The van der Waals surface area contributed by atoms with Crippen LogP contribution >= 0.6 is 11.3 Å². The van der Waals surface area contributed by atoms with Crippen molar-refractivity contribution in [2.24, 2.45) is 0 Å². The zero-order valence-electron chi connectivity index (χ0n) is 14.7. The molecular formula is C23H18N2S. The molecule has 0 N–H and O–H groups in total. The van der Waals surface area contributed by atoms with Crippen LogP contribution in [0.3, 0.4) is 0 Å². The number of hydrogen-bond donors (Lipinski definition) is 0. The van der Waals surface area contributed by atoms with Gasteiger partial charge in [-0.05, 0) is 30.2 Å². The second kappa shape index (κ2) is 5.89. The van der Waals surface area contributed by atoms with Crippen LogP contribution in [0.4, 0.5) is 0 Å². The molecule has 0 radical (unpaired) electrons. The van der Waals surface area contributed by atoms with Crippen molar-refractivity contribution in [3.63, 3.8) is 0 Å². The molecule has 0 aliphatic heterocycles. The summed E-state index contributed by atoms with van der Waals surface area (Å²) >= 11 is 1.84. The van der Waals surface area contributed by atoms with Crippen LogP contribution in [-0.4, -0.2) is 9.97 Å². The third-order valence-corrected chi connectivity index (χ3v) is 5.93. The van der Waals surface area contributed by atoms with E-state index in [2.05, 4.69) is 56.3 Å². The normalized spacial score (nSPS) is 11.8. The highest BCUT2D eigenvalue weighted by molar-refractivity contribution is 7.25. The Labute approximate surface area is 156 Å². The van der Waals surface area contributed by atoms with E-state index >= 15 is 0 Å². The Kier molecular flexibility index (Phi) is 3.50. The third-order valence-electron chi connectivity index (χ3n) is 4.80. The van der Waals surface area contributed by atoms with Gasteiger partial charge in [0.25, 0.3) is 0 Å². The third kappa shape index (κ3) is 2.39. The highest BCUT2D eigenvalue weighted by atomic mass is 32.1. The predicted octanol–water partition coefficient (Wildman–Crippen LogP) is 6.79. The SMILES string of the molecule is CC(C)c1nc2ccccc2nc1-c1ccc2c(c1)sc1ccccc12. The first-order valence-corrected chi connectivity index (χ1v) is 9.71. The zero-order valence-corrected chi connectivity index (χ0v) is 15.5. The fourth-order valence-electron chi connectivity index (χ4n) is 3.50. The molecule has 2 aromatic heterocycles. The minimum absolute atomic E-state index is 0.320. The Bertz CT molecular complexity index is 1270. The monoisotopic (exact) mass is 354 g/mol. The summed E-state index contributed by atoms with van der Waals surface area (Å²) < 4.78 is 2.63. The lowest BCUT2D eigenvalue weighted by Crippen LogP contribution is -2.00. The van der Waals surface area contributed by atoms with Gasteiger partial charge in [-0.2, -0.15) is 0 Å². The van der Waals surface area contributed by atoms with Crippen LogP contribution in [0.25, 0.3) is 42.5 Å². The largest absolute Gasteiger partial charge is 0.249 e. The number of thiophene rings is 1. The second-order valence-corrected chi connectivity index (χ2v) is 7.99. The summed E-state index contributed by atoms with van der Waals surface area (Å²) in [6, 6.07) is 23.4. The number of para-hydroxylation sites is 2. The first-order valence-electron chi connectivity index (χ1n) is 8.89. The van der Waals surface area contributed by atoms with Gasteiger partial charge < -0.3 is 0 Å². The molecule has 0 saturated carbocycles. The molecule has 5 aromatic rings. The minimum atomic E-state index is 0.320. The molecule has 0 unspecified atom stereocenters. The summed E-state index contributed by atoms with van der Waals surface area (Å²) in [6.45, 7) is 4.36. The van der Waals surface area contributed by atoms with E-state index in [0.717, 1.165) is 28.0 Å². The standard InChI is InChI=1S/C23H18N2S/c1-14(2)22-23(25-19-9-5-4-8-18(19)24-22)15-11-12-17-16-7-3-6-10-20(16)26-21(17)13-15/h3-14H,1-2H3. The molecule has 3 aromatic carbocycles. The Morgan fingerprint density at radius 3 is 2.23 bits per heavy atom. The Morgan fingerprint density at radius 1 is 0.731 bits per heavy atom. The van der Waals surface area contributed by atoms with Crippen LogP contribution in [-0.2, 0) is 0 Å². The van der Waals surface area contributed by atoms with Crippen LogP contribution in [0.15, 0.2) is 66.7 Å². The number of nitrogens with zero attached hydrogens (tertiary/aromatic N) is 2. The average Bonchev–Trinajstić information content (AvgIpc) is 3.04. The summed E-state index contributed by atoms with van der Waals surface area (Å²) in [5.41, 5.74) is 5.11. The van der Waals surface area contributed by atoms with E-state index in [0.29, 0.717) is 5.92 Å². The van der Waals surface area contributed by atoms with Crippen molar-refractivity contribution in [1.29, 1.82) is 0 Å². The first kappa shape index (κ1) is 15.5. The van der Waals surface area contributed by atoms with Gasteiger partial charge in [0.05, 0.1) is 22.4 Å². The molecule has 0 bridgehead atoms. The van der Waals surface area contributed by atoms with E-state index in [-0.39, 0.29) is 0 Å². The van der Waals surface area contributed by atoms with Crippen molar-refractivity contribution < 1.29 is 0 Å². The number of benzene rings is 3. The van der Waals surface area contributed by atoms with Crippen LogP contribution in [0.1, 0.15) is 25.5 Å². The van der Waals surface area contributed by atoms with E-state index in [9.17, 15) is 0 Å². The van der Waals surface area contributed by atoms with E-state index < -0.39 is 0 Å². The summed E-state index contributed by atoms with van der Waals surface area (Å²) in [6.07, 6.45) is 0. The minimum Gasteiger partial charge on any atom is -0.249 e. The van der Waals surface area contributed by atoms with Gasteiger partial charge in [-0.3, -0.25) is 0 Å². The van der Waals surface area contributed by atoms with Crippen molar-refractivity contribution in [2.75, 3.05) is 0 Å². The van der Waals surface area contributed by atoms with Crippen LogP contribution in [0.2, 0.25) is 0 Å². The Morgan fingerprint density at radius 2 is 1.42 bits per heavy atom.